The lowest BCUT2D eigenvalue weighted by atomic mass is 9.82. The van der Waals surface area contributed by atoms with Gasteiger partial charge in [0.15, 0.2) is 0 Å². The molecule has 0 saturated carbocycles. The average molecular weight is 278 g/mol. The van der Waals surface area contributed by atoms with Crippen LogP contribution in [0, 0.1) is 15.5 Å². The fourth-order valence-corrected chi connectivity index (χ4v) is 2.34. The van der Waals surface area contributed by atoms with E-state index in [4.69, 9.17) is 0 Å². The largest absolute Gasteiger partial charge is 0.502 e. The number of nitro benzene ring substituents is 1. The van der Waals surface area contributed by atoms with Gasteiger partial charge in [0.25, 0.3) is 5.91 Å². The highest BCUT2D eigenvalue weighted by Crippen LogP contribution is 2.33. The molecule has 0 unspecified atom stereocenters. The number of hydrogen-bond donors (Lipinski definition) is 1. The second-order valence-corrected chi connectivity index (χ2v) is 5.89. The molecule has 0 bridgehead atoms. The zero-order valence-corrected chi connectivity index (χ0v) is 11.6. The molecule has 108 valence electrons. The molecule has 1 amide bonds. The van der Waals surface area contributed by atoms with Gasteiger partial charge in [0, 0.05) is 19.2 Å². The van der Waals surface area contributed by atoms with E-state index in [1.807, 2.05) is 0 Å². The molecule has 20 heavy (non-hydrogen) atoms. The predicted molar refractivity (Wildman–Crippen MR) is 73.7 cm³/mol. The molecular weight excluding hydrogens is 260 g/mol. The van der Waals surface area contributed by atoms with Gasteiger partial charge in [-0.1, -0.05) is 19.9 Å². The van der Waals surface area contributed by atoms with Crippen LogP contribution in [0.4, 0.5) is 5.69 Å². The van der Waals surface area contributed by atoms with E-state index in [2.05, 4.69) is 13.8 Å². The number of benzene rings is 1. The van der Waals surface area contributed by atoms with Gasteiger partial charge in [-0.15, -0.1) is 0 Å². The third-order valence-electron chi connectivity index (χ3n) is 3.85. The summed E-state index contributed by atoms with van der Waals surface area (Å²) in [4.78, 5) is 24.1. The van der Waals surface area contributed by atoms with Crippen molar-refractivity contribution < 1.29 is 14.8 Å². The smallest absolute Gasteiger partial charge is 0.311 e. The van der Waals surface area contributed by atoms with Crippen LogP contribution in [0.5, 0.6) is 5.75 Å². The maximum atomic E-state index is 12.3. The molecule has 1 heterocycles. The summed E-state index contributed by atoms with van der Waals surface area (Å²) in [5, 5.41) is 20.7. The normalized spacial score (nSPS) is 17.8. The summed E-state index contributed by atoms with van der Waals surface area (Å²) < 4.78 is 0. The van der Waals surface area contributed by atoms with Gasteiger partial charge in [-0.25, -0.2) is 0 Å². The van der Waals surface area contributed by atoms with Gasteiger partial charge in [0.1, 0.15) is 0 Å². The summed E-state index contributed by atoms with van der Waals surface area (Å²) in [5.41, 5.74) is -0.228. The number of phenolic OH excluding ortho intramolecular Hbond substituents is 1. The van der Waals surface area contributed by atoms with Gasteiger partial charge in [-0.05, 0) is 24.3 Å². The molecule has 0 radical (unpaired) electrons. The maximum absolute atomic E-state index is 12.3. The first kappa shape index (κ1) is 14.3. The number of rotatable bonds is 2. The van der Waals surface area contributed by atoms with Crippen molar-refractivity contribution in [3.8, 4) is 5.75 Å². The number of para-hydroxylation sites is 1. The molecule has 2 rings (SSSR count). The fourth-order valence-electron chi connectivity index (χ4n) is 2.34. The summed E-state index contributed by atoms with van der Waals surface area (Å²) in [5.74, 6) is -0.894. The third-order valence-corrected chi connectivity index (χ3v) is 3.85. The van der Waals surface area contributed by atoms with E-state index in [0.717, 1.165) is 12.8 Å². The van der Waals surface area contributed by atoms with E-state index in [9.17, 15) is 20.0 Å². The highest BCUT2D eigenvalue weighted by molar-refractivity contribution is 5.98. The Morgan fingerprint density at radius 2 is 1.95 bits per heavy atom. The van der Waals surface area contributed by atoms with E-state index < -0.39 is 16.4 Å². The van der Waals surface area contributed by atoms with Crippen molar-refractivity contribution in [2.24, 2.45) is 5.41 Å². The lowest BCUT2D eigenvalue weighted by molar-refractivity contribution is -0.385. The quantitative estimate of drug-likeness (QED) is 0.665. The Balaban J connectivity index is 2.22. The number of carbonyl (C=O) groups is 1. The van der Waals surface area contributed by atoms with E-state index in [1.165, 1.54) is 18.2 Å². The standard InChI is InChI=1S/C14H18N2O4/c1-14(2)6-8-15(9-7-14)13(18)10-4-3-5-11(12(10)17)16(19)20/h3-5,17H,6-9H2,1-2H3. The van der Waals surface area contributed by atoms with Gasteiger partial charge in [0.05, 0.1) is 10.5 Å². The first-order chi connectivity index (χ1) is 9.32. The zero-order valence-electron chi connectivity index (χ0n) is 11.6. The third kappa shape index (κ3) is 2.74. The number of carbonyl (C=O) groups excluding carboxylic acids is 1. The number of piperidine rings is 1. The van der Waals surface area contributed by atoms with Gasteiger partial charge < -0.3 is 10.0 Å². The Kier molecular flexibility index (Phi) is 3.65. The number of amides is 1. The highest BCUT2D eigenvalue weighted by atomic mass is 16.6. The van der Waals surface area contributed by atoms with Crippen molar-refractivity contribution in [2.45, 2.75) is 26.7 Å². The minimum Gasteiger partial charge on any atom is -0.502 e. The fraction of sp³-hybridized carbons (Fsp3) is 0.500. The van der Waals surface area contributed by atoms with Gasteiger partial charge >= 0.3 is 5.69 Å². The van der Waals surface area contributed by atoms with Crippen LogP contribution in [0.2, 0.25) is 0 Å². The van der Waals surface area contributed by atoms with Crippen LogP contribution in [0.3, 0.4) is 0 Å². The molecule has 1 aromatic carbocycles. The first-order valence-electron chi connectivity index (χ1n) is 6.57. The van der Waals surface area contributed by atoms with Crippen molar-refractivity contribution in [1.82, 2.24) is 4.90 Å². The van der Waals surface area contributed by atoms with Crippen molar-refractivity contribution in [1.29, 1.82) is 0 Å². The maximum Gasteiger partial charge on any atom is 0.311 e. The van der Waals surface area contributed by atoms with Crippen LogP contribution in [-0.2, 0) is 0 Å². The molecular formula is C14H18N2O4. The van der Waals surface area contributed by atoms with Crippen LogP contribution in [0.15, 0.2) is 18.2 Å². The summed E-state index contributed by atoms with van der Waals surface area (Å²) >= 11 is 0. The summed E-state index contributed by atoms with van der Waals surface area (Å²) in [6, 6.07) is 4.02. The molecule has 1 fully saturated rings. The lowest BCUT2D eigenvalue weighted by Crippen LogP contribution is -2.41. The Bertz CT molecular complexity index is 544. The van der Waals surface area contributed by atoms with Crippen LogP contribution in [0.1, 0.15) is 37.0 Å². The molecule has 0 aliphatic carbocycles. The zero-order chi connectivity index (χ0) is 14.9. The summed E-state index contributed by atoms with van der Waals surface area (Å²) in [6.07, 6.45) is 1.77. The van der Waals surface area contributed by atoms with E-state index in [1.54, 1.807) is 4.90 Å². The average Bonchev–Trinajstić information content (AvgIpc) is 2.38. The molecule has 1 aliphatic heterocycles. The monoisotopic (exact) mass is 278 g/mol. The van der Waals surface area contributed by atoms with E-state index in [0.29, 0.717) is 13.1 Å². The number of likely N-dealkylation sites (tertiary alicyclic amines) is 1. The van der Waals surface area contributed by atoms with Crippen molar-refractivity contribution >= 4 is 11.6 Å². The highest BCUT2D eigenvalue weighted by Gasteiger charge is 2.30. The molecule has 0 spiro atoms. The second-order valence-electron chi connectivity index (χ2n) is 5.89. The molecule has 1 aromatic rings. The first-order valence-corrected chi connectivity index (χ1v) is 6.57. The molecule has 1 saturated heterocycles. The second kappa shape index (κ2) is 5.11. The Labute approximate surface area is 117 Å². The number of hydrogen-bond acceptors (Lipinski definition) is 4. The van der Waals surface area contributed by atoms with Crippen LogP contribution < -0.4 is 0 Å². The van der Waals surface area contributed by atoms with Crippen molar-refractivity contribution in [2.75, 3.05) is 13.1 Å². The molecule has 6 nitrogen and oxygen atoms in total. The molecule has 1 aliphatic rings. The molecule has 0 aromatic heterocycles. The van der Waals surface area contributed by atoms with Gasteiger partial charge in [-0.2, -0.15) is 0 Å². The van der Waals surface area contributed by atoms with Crippen LogP contribution in [-0.4, -0.2) is 33.9 Å². The van der Waals surface area contributed by atoms with E-state index in [-0.39, 0.29) is 16.9 Å². The topological polar surface area (TPSA) is 83.7 Å². The minimum absolute atomic E-state index is 0.00101. The molecule has 1 N–H and O–H groups in total. The Hall–Kier alpha value is -2.11. The van der Waals surface area contributed by atoms with E-state index >= 15 is 0 Å². The Morgan fingerprint density at radius 1 is 1.35 bits per heavy atom. The number of nitro groups is 1. The van der Waals surface area contributed by atoms with Gasteiger partial charge in [-0.3, -0.25) is 14.9 Å². The number of aromatic hydroxyl groups is 1. The van der Waals surface area contributed by atoms with Crippen molar-refractivity contribution in [3.63, 3.8) is 0 Å². The summed E-state index contributed by atoms with van der Waals surface area (Å²) in [7, 11) is 0. The molecule has 6 heteroatoms. The Morgan fingerprint density at radius 3 is 2.50 bits per heavy atom. The molecule has 0 atom stereocenters. The lowest BCUT2D eigenvalue weighted by Gasteiger charge is -2.36. The SMILES string of the molecule is CC1(C)CCN(C(=O)c2cccc([N+](=O)[O-])c2O)CC1. The van der Waals surface area contributed by atoms with Crippen molar-refractivity contribution in [3.05, 3.63) is 33.9 Å². The van der Waals surface area contributed by atoms with Gasteiger partial charge in [0.2, 0.25) is 5.75 Å². The predicted octanol–water partition coefficient (Wildman–Crippen LogP) is 2.56. The summed E-state index contributed by atoms with van der Waals surface area (Å²) in [6.45, 7) is 5.52. The van der Waals surface area contributed by atoms with Crippen LogP contribution in [0.25, 0.3) is 0 Å². The van der Waals surface area contributed by atoms with Crippen LogP contribution >= 0.6 is 0 Å². The number of phenols is 1. The minimum atomic E-state index is -0.689. The number of nitrogens with zero attached hydrogens (tertiary/aromatic N) is 2.